The third-order valence-electron chi connectivity index (χ3n) is 3.00. The van der Waals surface area contributed by atoms with Gasteiger partial charge in [0.25, 0.3) is 0 Å². The predicted octanol–water partition coefficient (Wildman–Crippen LogP) is 2.89. The Bertz CT molecular complexity index is 415. The predicted molar refractivity (Wildman–Crippen MR) is 67.6 cm³/mol. The summed E-state index contributed by atoms with van der Waals surface area (Å²) in [6, 6.07) is 8.51. The van der Waals surface area contributed by atoms with E-state index in [9.17, 15) is 4.79 Å². The number of ketones is 1. The minimum absolute atomic E-state index is 0.355. The van der Waals surface area contributed by atoms with Crippen LogP contribution in [-0.4, -0.2) is 19.9 Å². The Labute approximate surface area is 96.6 Å². The molecular weight excluding hydrogens is 198 g/mol. The van der Waals surface area contributed by atoms with Gasteiger partial charge in [0.2, 0.25) is 0 Å². The zero-order valence-corrected chi connectivity index (χ0v) is 9.86. The van der Waals surface area contributed by atoms with Crippen LogP contribution in [0.5, 0.6) is 0 Å². The summed E-state index contributed by atoms with van der Waals surface area (Å²) in [5, 5.41) is 0. The highest BCUT2D eigenvalue weighted by Gasteiger charge is 2.11. The average Bonchev–Trinajstić information content (AvgIpc) is 2.30. The fraction of sp³-hybridized carbons (Fsp3) is 0.357. The topological polar surface area (TPSA) is 20.3 Å². The van der Waals surface area contributed by atoms with Crippen molar-refractivity contribution in [2.75, 3.05) is 19.0 Å². The summed E-state index contributed by atoms with van der Waals surface area (Å²) in [4.78, 5) is 13.2. The molecule has 2 rings (SSSR count). The van der Waals surface area contributed by atoms with E-state index in [1.165, 1.54) is 16.8 Å². The molecule has 84 valence electrons. The first-order valence-corrected chi connectivity index (χ1v) is 5.65. The van der Waals surface area contributed by atoms with Crippen molar-refractivity contribution in [3.8, 4) is 0 Å². The molecule has 1 aliphatic rings. The number of carbonyl (C=O) groups is 1. The number of carbonyl (C=O) groups excluding carboxylic acids is 1. The van der Waals surface area contributed by atoms with Crippen LogP contribution in [0.2, 0.25) is 0 Å². The standard InChI is InChI=1S/C14H17NO/c1-15(2)13-7-3-11(4-8-13)12-5-9-14(16)10-6-12/h3-5,7-8H,6,9-10H2,1-2H3. The first-order chi connectivity index (χ1) is 7.66. The van der Waals surface area contributed by atoms with E-state index in [0.29, 0.717) is 18.6 Å². The van der Waals surface area contributed by atoms with Crippen molar-refractivity contribution < 1.29 is 4.79 Å². The SMILES string of the molecule is CN(C)c1ccc(C2=CCC(=O)CC2)cc1. The second kappa shape index (κ2) is 4.52. The summed E-state index contributed by atoms with van der Waals surface area (Å²) in [5.74, 6) is 0.355. The van der Waals surface area contributed by atoms with Gasteiger partial charge in [0, 0.05) is 32.6 Å². The maximum absolute atomic E-state index is 11.1. The molecule has 0 heterocycles. The number of rotatable bonds is 2. The normalized spacial score (nSPS) is 15.9. The minimum atomic E-state index is 0.355. The van der Waals surface area contributed by atoms with Crippen molar-refractivity contribution in [2.24, 2.45) is 0 Å². The van der Waals surface area contributed by atoms with E-state index in [0.717, 1.165) is 6.42 Å². The van der Waals surface area contributed by atoms with E-state index in [2.05, 4.69) is 35.2 Å². The smallest absolute Gasteiger partial charge is 0.137 e. The van der Waals surface area contributed by atoms with Crippen LogP contribution in [0.25, 0.3) is 5.57 Å². The van der Waals surface area contributed by atoms with Gasteiger partial charge in [-0.3, -0.25) is 4.79 Å². The Kier molecular flexibility index (Phi) is 3.09. The van der Waals surface area contributed by atoms with Gasteiger partial charge in [-0.2, -0.15) is 0 Å². The summed E-state index contributed by atoms with van der Waals surface area (Å²) in [5.41, 5.74) is 3.76. The number of nitrogens with zero attached hydrogens (tertiary/aromatic N) is 1. The number of allylic oxidation sites excluding steroid dienone is 2. The van der Waals surface area contributed by atoms with Gasteiger partial charge in [-0.25, -0.2) is 0 Å². The number of hydrogen-bond acceptors (Lipinski definition) is 2. The first-order valence-electron chi connectivity index (χ1n) is 5.65. The lowest BCUT2D eigenvalue weighted by molar-refractivity contribution is -0.118. The first kappa shape index (κ1) is 10.9. The molecular formula is C14H17NO. The van der Waals surface area contributed by atoms with Crippen LogP contribution < -0.4 is 4.90 Å². The minimum Gasteiger partial charge on any atom is -0.378 e. The van der Waals surface area contributed by atoms with Crippen LogP contribution >= 0.6 is 0 Å². The molecule has 0 bridgehead atoms. The molecule has 16 heavy (non-hydrogen) atoms. The Morgan fingerprint density at radius 2 is 1.75 bits per heavy atom. The van der Waals surface area contributed by atoms with Gasteiger partial charge in [0.05, 0.1) is 0 Å². The van der Waals surface area contributed by atoms with Crippen molar-refractivity contribution >= 4 is 17.0 Å². The summed E-state index contributed by atoms with van der Waals surface area (Å²) in [7, 11) is 4.07. The van der Waals surface area contributed by atoms with Crippen LogP contribution in [0, 0.1) is 0 Å². The number of hydrogen-bond donors (Lipinski definition) is 0. The Morgan fingerprint density at radius 3 is 2.25 bits per heavy atom. The van der Waals surface area contributed by atoms with Gasteiger partial charge in [-0.05, 0) is 29.7 Å². The highest BCUT2D eigenvalue weighted by Crippen LogP contribution is 2.26. The van der Waals surface area contributed by atoms with Crippen molar-refractivity contribution in [1.29, 1.82) is 0 Å². The Hall–Kier alpha value is -1.57. The van der Waals surface area contributed by atoms with Crippen LogP contribution in [0.3, 0.4) is 0 Å². The number of benzene rings is 1. The third-order valence-corrected chi connectivity index (χ3v) is 3.00. The lowest BCUT2D eigenvalue weighted by atomic mass is 9.93. The van der Waals surface area contributed by atoms with E-state index < -0.39 is 0 Å². The summed E-state index contributed by atoms with van der Waals surface area (Å²) in [6.07, 6.45) is 4.25. The van der Waals surface area contributed by atoms with E-state index in [1.54, 1.807) is 0 Å². The lowest BCUT2D eigenvalue weighted by Gasteiger charge is -2.15. The monoisotopic (exact) mass is 215 g/mol. The van der Waals surface area contributed by atoms with E-state index in [4.69, 9.17) is 0 Å². The molecule has 0 aromatic heterocycles. The largest absolute Gasteiger partial charge is 0.378 e. The zero-order valence-electron chi connectivity index (χ0n) is 9.86. The van der Waals surface area contributed by atoms with Gasteiger partial charge in [-0.1, -0.05) is 18.2 Å². The molecule has 0 radical (unpaired) electrons. The third kappa shape index (κ3) is 2.32. The Morgan fingerprint density at radius 1 is 1.06 bits per heavy atom. The maximum atomic E-state index is 11.1. The molecule has 0 spiro atoms. The second-order valence-corrected chi connectivity index (χ2v) is 4.41. The van der Waals surface area contributed by atoms with Crippen LogP contribution in [0.15, 0.2) is 30.3 Å². The van der Waals surface area contributed by atoms with Gasteiger partial charge < -0.3 is 4.90 Å². The molecule has 0 fully saturated rings. The summed E-state index contributed by atoms with van der Waals surface area (Å²) < 4.78 is 0. The molecule has 1 aromatic carbocycles. The Balaban J connectivity index is 2.19. The fourth-order valence-corrected chi connectivity index (χ4v) is 1.95. The fourth-order valence-electron chi connectivity index (χ4n) is 1.95. The average molecular weight is 215 g/mol. The quantitative estimate of drug-likeness (QED) is 0.756. The molecule has 2 nitrogen and oxygen atoms in total. The van der Waals surface area contributed by atoms with E-state index in [-0.39, 0.29) is 0 Å². The molecule has 0 atom stereocenters. The van der Waals surface area contributed by atoms with E-state index in [1.807, 2.05) is 14.1 Å². The van der Waals surface area contributed by atoms with Gasteiger partial charge in [0.1, 0.15) is 5.78 Å². The molecule has 1 aromatic rings. The highest BCUT2D eigenvalue weighted by molar-refractivity contribution is 5.87. The van der Waals surface area contributed by atoms with Crippen molar-refractivity contribution in [2.45, 2.75) is 19.3 Å². The molecule has 0 amide bonds. The molecule has 2 heteroatoms. The summed E-state index contributed by atoms with van der Waals surface area (Å²) in [6.45, 7) is 0. The van der Waals surface area contributed by atoms with Crippen molar-refractivity contribution in [3.05, 3.63) is 35.9 Å². The molecule has 0 saturated heterocycles. The van der Waals surface area contributed by atoms with Crippen LogP contribution in [0.1, 0.15) is 24.8 Å². The van der Waals surface area contributed by atoms with Crippen LogP contribution in [0.4, 0.5) is 5.69 Å². The van der Waals surface area contributed by atoms with Crippen molar-refractivity contribution in [1.82, 2.24) is 0 Å². The maximum Gasteiger partial charge on any atom is 0.137 e. The zero-order chi connectivity index (χ0) is 11.5. The highest BCUT2D eigenvalue weighted by atomic mass is 16.1. The molecule has 1 aliphatic carbocycles. The molecule has 0 unspecified atom stereocenters. The van der Waals surface area contributed by atoms with Crippen molar-refractivity contribution in [3.63, 3.8) is 0 Å². The second-order valence-electron chi connectivity index (χ2n) is 4.41. The molecule has 0 saturated carbocycles. The van der Waals surface area contributed by atoms with E-state index >= 15 is 0 Å². The van der Waals surface area contributed by atoms with Gasteiger partial charge >= 0.3 is 0 Å². The van der Waals surface area contributed by atoms with Crippen LogP contribution in [-0.2, 0) is 4.79 Å². The number of Topliss-reactive ketones (excluding diaryl/α,β-unsaturated/α-hetero) is 1. The van der Waals surface area contributed by atoms with Gasteiger partial charge in [-0.15, -0.1) is 0 Å². The lowest BCUT2D eigenvalue weighted by Crippen LogP contribution is -2.08. The molecule has 0 N–H and O–H groups in total. The molecule has 0 aliphatic heterocycles. The summed E-state index contributed by atoms with van der Waals surface area (Å²) >= 11 is 0. The van der Waals surface area contributed by atoms with Gasteiger partial charge in [0.15, 0.2) is 0 Å². The number of anilines is 1.